The van der Waals surface area contributed by atoms with Crippen molar-refractivity contribution in [2.75, 3.05) is 12.3 Å². The van der Waals surface area contributed by atoms with Crippen molar-refractivity contribution in [1.29, 1.82) is 0 Å². The molecule has 1 aliphatic rings. The molecule has 2 aromatic rings. The lowest BCUT2D eigenvalue weighted by molar-refractivity contribution is -0.143. The van der Waals surface area contributed by atoms with E-state index in [4.69, 9.17) is 10.5 Å². The van der Waals surface area contributed by atoms with E-state index >= 15 is 0 Å². The molecule has 2 heterocycles. The first-order chi connectivity index (χ1) is 11.0. The van der Waals surface area contributed by atoms with E-state index in [9.17, 15) is 9.59 Å². The average molecular weight is 319 g/mol. The maximum Gasteiger partial charge on any atom is 0.302 e. The number of aromatic amines is 1. The normalized spacial score (nSPS) is 21.4. The number of rotatable bonds is 4. The van der Waals surface area contributed by atoms with Gasteiger partial charge in [-0.1, -0.05) is 12.8 Å². The third kappa shape index (κ3) is 3.35. The Labute approximate surface area is 133 Å². The van der Waals surface area contributed by atoms with Crippen molar-refractivity contribution < 1.29 is 9.53 Å². The van der Waals surface area contributed by atoms with Crippen molar-refractivity contribution >= 4 is 23.1 Å². The lowest BCUT2D eigenvalue weighted by Crippen LogP contribution is -2.28. The Morgan fingerprint density at radius 1 is 1.43 bits per heavy atom. The molecule has 2 atom stereocenters. The van der Waals surface area contributed by atoms with E-state index in [0.717, 1.165) is 25.7 Å². The van der Waals surface area contributed by atoms with Crippen molar-refractivity contribution in [3.63, 3.8) is 0 Å². The summed E-state index contributed by atoms with van der Waals surface area (Å²) in [5, 5.41) is 0. The van der Waals surface area contributed by atoms with Crippen molar-refractivity contribution in [3.05, 3.63) is 16.7 Å². The van der Waals surface area contributed by atoms with Gasteiger partial charge in [0.15, 0.2) is 11.2 Å². The molecule has 0 aromatic carbocycles. The van der Waals surface area contributed by atoms with Crippen LogP contribution < -0.4 is 11.3 Å². The summed E-state index contributed by atoms with van der Waals surface area (Å²) in [6.07, 6.45) is 6.04. The summed E-state index contributed by atoms with van der Waals surface area (Å²) in [4.78, 5) is 33.7. The Balaban J connectivity index is 1.82. The SMILES string of the molecule is CC(=O)OC[C@@H]1CCCC[C@@H]1Cn1cnc2c(=O)[nH]c(N)nc21. The molecule has 0 bridgehead atoms. The van der Waals surface area contributed by atoms with Crippen LogP contribution in [0.1, 0.15) is 32.6 Å². The van der Waals surface area contributed by atoms with Gasteiger partial charge in [0.25, 0.3) is 5.56 Å². The summed E-state index contributed by atoms with van der Waals surface area (Å²) < 4.78 is 7.07. The van der Waals surface area contributed by atoms with Gasteiger partial charge in [-0.2, -0.15) is 4.98 Å². The van der Waals surface area contributed by atoms with E-state index in [1.54, 1.807) is 6.33 Å². The highest BCUT2D eigenvalue weighted by Gasteiger charge is 2.27. The van der Waals surface area contributed by atoms with Gasteiger partial charge in [-0.15, -0.1) is 0 Å². The fourth-order valence-corrected chi connectivity index (χ4v) is 3.33. The summed E-state index contributed by atoms with van der Waals surface area (Å²) in [6.45, 7) is 2.57. The molecule has 23 heavy (non-hydrogen) atoms. The van der Waals surface area contributed by atoms with Crippen LogP contribution >= 0.6 is 0 Å². The van der Waals surface area contributed by atoms with Gasteiger partial charge in [-0.05, 0) is 24.7 Å². The smallest absolute Gasteiger partial charge is 0.302 e. The number of nitrogens with two attached hydrogens (primary N) is 1. The zero-order valence-corrected chi connectivity index (χ0v) is 13.1. The standard InChI is InChI=1S/C15H21N5O3/c1-9(21)23-7-11-5-3-2-4-10(11)6-20-8-17-12-13(20)18-15(16)19-14(12)22/h8,10-11H,2-7H2,1H3,(H3,16,18,19,22)/t10-,11+/m1/s1. The fourth-order valence-electron chi connectivity index (χ4n) is 3.33. The predicted octanol–water partition coefficient (Wildman–Crippen LogP) is 1.07. The van der Waals surface area contributed by atoms with Gasteiger partial charge >= 0.3 is 5.97 Å². The molecule has 2 aromatic heterocycles. The molecular formula is C15H21N5O3. The number of nitrogens with one attached hydrogen (secondary N) is 1. The molecule has 3 rings (SSSR count). The van der Waals surface area contributed by atoms with E-state index < -0.39 is 0 Å². The molecule has 3 N–H and O–H groups in total. The highest BCUT2D eigenvalue weighted by atomic mass is 16.5. The molecule has 1 fully saturated rings. The van der Waals surface area contributed by atoms with E-state index in [2.05, 4.69) is 15.0 Å². The highest BCUT2D eigenvalue weighted by Crippen LogP contribution is 2.32. The van der Waals surface area contributed by atoms with Gasteiger partial charge < -0.3 is 15.0 Å². The van der Waals surface area contributed by atoms with Crippen molar-refractivity contribution in [3.8, 4) is 0 Å². The van der Waals surface area contributed by atoms with E-state index in [1.165, 1.54) is 6.92 Å². The van der Waals surface area contributed by atoms with E-state index in [-0.39, 0.29) is 17.5 Å². The average Bonchev–Trinajstić information content (AvgIpc) is 2.89. The number of nitrogen functional groups attached to an aromatic ring is 1. The van der Waals surface area contributed by atoms with E-state index in [0.29, 0.717) is 36.2 Å². The van der Waals surface area contributed by atoms with Gasteiger partial charge in [-0.3, -0.25) is 14.6 Å². The highest BCUT2D eigenvalue weighted by molar-refractivity contribution is 5.70. The lowest BCUT2D eigenvalue weighted by Gasteiger charge is -2.31. The Morgan fingerprint density at radius 3 is 2.91 bits per heavy atom. The van der Waals surface area contributed by atoms with Crippen LogP contribution in [-0.4, -0.2) is 32.1 Å². The molecule has 1 saturated carbocycles. The van der Waals surface area contributed by atoms with Crippen LogP contribution in [0, 0.1) is 11.8 Å². The number of fused-ring (bicyclic) bond motifs is 1. The number of nitrogens with zero attached hydrogens (tertiary/aromatic N) is 3. The van der Waals surface area contributed by atoms with Crippen LogP contribution in [0.4, 0.5) is 5.95 Å². The molecular weight excluding hydrogens is 298 g/mol. The largest absolute Gasteiger partial charge is 0.466 e. The monoisotopic (exact) mass is 319 g/mol. The zero-order chi connectivity index (χ0) is 16.4. The third-order valence-electron chi connectivity index (χ3n) is 4.49. The van der Waals surface area contributed by atoms with Gasteiger partial charge in [0.2, 0.25) is 5.95 Å². The summed E-state index contributed by atoms with van der Waals surface area (Å²) in [5.74, 6) is 0.528. The fraction of sp³-hybridized carbons (Fsp3) is 0.600. The molecule has 0 amide bonds. The number of carbonyl (C=O) groups excluding carboxylic acids is 1. The number of imidazole rings is 1. The van der Waals surface area contributed by atoms with Crippen LogP contribution in [0.15, 0.2) is 11.1 Å². The second kappa shape index (κ2) is 6.39. The Kier molecular flexibility index (Phi) is 4.31. The molecule has 8 nitrogen and oxygen atoms in total. The molecule has 0 spiro atoms. The second-order valence-corrected chi connectivity index (χ2v) is 6.13. The Bertz CT molecular complexity index is 766. The minimum atomic E-state index is -0.327. The Morgan fingerprint density at radius 2 is 2.17 bits per heavy atom. The Hall–Kier alpha value is -2.38. The minimum Gasteiger partial charge on any atom is -0.466 e. The maximum absolute atomic E-state index is 11.8. The van der Waals surface area contributed by atoms with Crippen molar-refractivity contribution in [2.24, 2.45) is 11.8 Å². The first-order valence-electron chi connectivity index (χ1n) is 7.88. The summed E-state index contributed by atoms with van der Waals surface area (Å²) >= 11 is 0. The molecule has 124 valence electrons. The summed E-state index contributed by atoms with van der Waals surface area (Å²) in [7, 11) is 0. The molecule has 0 aliphatic heterocycles. The first-order valence-corrected chi connectivity index (χ1v) is 7.88. The number of H-pyrrole nitrogens is 1. The van der Waals surface area contributed by atoms with Crippen LogP contribution in [-0.2, 0) is 16.1 Å². The third-order valence-corrected chi connectivity index (χ3v) is 4.49. The summed E-state index contributed by atoms with van der Waals surface area (Å²) in [6, 6.07) is 0. The predicted molar refractivity (Wildman–Crippen MR) is 84.6 cm³/mol. The van der Waals surface area contributed by atoms with Gasteiger partial charge in [0.05, 0.1) is 12.9 Å². The van der Waals surface area contributed by atoms with Crippen molar-refractivity contribution in [1.82, 2.24) is 19.5 Å². The summed E-state index contributed by atoms with van der Waals surface area (Å²) in [5.41, 5.74) is 6.10. The topological polar surface area (TPSA) is 116 Å². The van der Waals surface area contributed by atoms with Gasteiger partial charge in [0.1, 0.15) is 0 Å². The molecule has 0 radical (unpaired) electrons. The number of esters is 1. The number of ether oxygens (including phenoxy) is 1. The quantitative estimate of drug-likeness (QED) is 0.814. The van der Waals surface area contributed by atoms with E-state index in [1.807, 2.05) is 4.57 Å². The maximum atomic E-state index is 11.8. The second-order valence-electron chi connectivity index (χ2n) is 6.13. The van der Waals surface area contributed by atoms with Crippen LogP contribution in [0.3, 0.4) is 0 Å². The zero-order valence-electron chi connectivity index (χ0n) is 13.1. The lowest BCUT2D eigenvalue weighted by atomic mass is 9.79. The molecule has 1 aliphatic carbocycles. The van der Waals surface area contributed by atoms with Gasteiger partial charge in [0, 0.05) is 13.5 Å². The van der Waals surface area contributed by atoms with Crippen LogP contribution in [0.2, 0.25) is 0 Å². The number of anilines is 1. The first kappa shape index (κ1) is 15.5. The number of aromatic nitrogens is 4. The van der Waals surface area contributed by atoms with Gasteiger partial charge in [-0.25, -0.2) is 4.98 Å². The molecule has 0 saturated heterocycles. The van der Waals surface area contributed by atoms with Crippen LogP contribution in [0.5, 0.6) is 0 Å². The van der Waals surface area contributed by atoms with Crippen LogP contribution in [0.25, 0.3) is 11.2 Å². The molecule has 8 heteroatoms. The molecule has 0 unspecified atom stereocenters. The van der Waals surface area contributed by atoms with Crippen molar-refractivity contribution in [2.45, 2.75) is 39.2 Å². The number of carbonyl (C=O) groups is 1. The number of hydrogen-bond donors (Lipinski definition) is 2. The minimum absolute atomic E-state index is 0.0874. The number of hydrogen-bond acceptors (Lipinski definition) is 6.